The van der Waals surface area contributed by atoms with Crippen molar-refractivity contribution in [3.05, 3.63) is 78.0 Å². The van der Waals surface area contributed by atoms with E-state index in [-0.39, 0.29) is 11.5 Å². The Hall–Kier alpha value is -3.80. The van der Waals surface area contributed by atoms with Crippen molar-refractivity contribution in [3.63, 3.8) is 0 Å². The number of hydrogen-bond acceptors (Lipinski definition) is 5. The second-order valence-electron chi connectivity index (χ2n) is 6.10. The topological polar surface area (TPSA) is 89.1 Å². The van der Waals surface area contributed by atoms with Crippen LogP contribution in [0.5, 0.6) is 0 Å². The fourth-order valence-electron chi connectivity index (χ4n) is 2.74. The summed E-state index contributed by atoms with van der Waals surface area (Å²) in [7, 11) is 0. The van der Waals surface area contributed by atoms with Crippen LogP contribution in [0.25, 0.3) is 34.2 Å². The number of rotatable bonds is 4. The number of benzene rings is 2. The van der Waals surface area contributed by atoms with E-state index in [1.807, 2.05) is 37.3 Å². The Morgan fingerprint density at radius 2 is 1.63 bits per heavy atom. The molecule has 0 spiro atoms. The van der Waals surface area contributed by atoms with Gasteiger partial charge in [0.2, 0.25) is 11.8 Å². The lowest BCUT2D eigenvalue weighted by atomic mass is 10.1. The van der Waals surface area contributed by atoms with E-state index in [2.05, 4.69) is 21.2 Å². The van der Waals surface area contributed by atoms with Crippen LogP contribution in [0.4, 0.5) is 0 Å². The van der Waals surface area contributed by atoms with Crippen molar-refractivity contribution in [2.75, 3.05) is 0 Å². The Balaban J connectivity index is 1.62. The monoisotopic (exact) mass is 357 g/mol. The van der Waals surface area contributed by atoms with E-state index in [9.17, 15) is 4.79 Å². The number of nitrogens with zero attached hydrogens (tertiary/aromatic N) is 3. The molecular formula is C21H15N3O3. The second kappa shape index (κ2) is 6.84. The standard InChI is InChI=1S/C21H15N3O3/c1-13-4-2-5-14(10-13)18-9-8-17(12-22-18)20-24-23-19(27-20)15-6-3-7-16(11-15)21(25)26/h2-12H,1H3,(H,25,26). The molecule has 0 radical (unpaired) electrons. The molecule has 4 rings (SSSR count). The Kier molecular flexibility index (Phi) is 4.22. The summed E-state index contributed by atoms with van der Waals surface area (Å²) in [4.78, 5) is 15.6. The van der Waals surface area contributed by atoms with Crippen LogP contribution < -0.4 is 0 Å². The van der Waals surface area contributed by atoms with Gasteiger partial charge < -0.3 is 9.52 Å². The van der Waals surface area contributed by atoms with Crippen molar-refractivity contribution in [3.8, 4) is 34.2 Å². The predicted octanol–water partition coefficient (Wildman–Crippen LogP) is 4.47. The van der Waals surface area contributed by atoms with Crippen LogP contribution in [0.15, 0.2) is 71.3 Å². The highest BCUT2D eigenvalue weighted by Crippen LogP contribution is 2.26. The van der Waals surface area contributed by atoms with Gasteiger partial charge in [0.05, 0.1) is 16.8 Å². The largest absolute Gasteiger partial charge is 0.478 e. The number of carbonyl (C=O) groups is 1. The Morgan fingerprint density at radius 1 is 0.889 bits per heavy atom. The van der Waals surface area contributed by atoms with Crippen LogP contribution in [0.2, 0.25) is 0 Å². The van der Waals surface area contributed by atoms with Crippen LogP contribution in [-0.4, -0.2) is 26.3 Å². The van der Waals surface area contributed by atoms with E-state index in [0.717, 1.165) is 11.3 Å². The number of pyridine rings is 1. The van der Waals surface area contributed by atoms with Gasteiger partial charge >= 0.3 is 5.97 Å². The van der Waals surface area contributed by atoms with Gasteiger partial charge in [-0.05, 0) is 43.3 Å². The molecule has 2 aromatic heterocycles. The van der Waals surface area contributed by atoms with Crippen molar-refractivity contribution in [1.82, 2.24) is 15.2 Å². The highest BCUT2D eigenvalue weighted by molar-refractivity contribution is 5.89. The maximum atomic E-state index is 11.1. The molecule has 0 aliphatic heterocycles. The average Bonchev–Trinajstić information content (AvgIpc) is 3.18. The third-order valence-electron chi connectivity index (χ3n) is 4.11. The Morgan fingerprint density at radius 3 is 2.33 bits per heavy atom. The maximum Gasteiger partial charge on any atom is 0.335 e. The van der Waals surface area contributed by atoms with E-state index >= 15 is 0 Å². The minimum Gasteiger partial charge on any atom is -0.478 e. The van der Waals surface area contributed by atoms with Crippen molar-refractivity contribution < 1.29 is 14.3 Å². The Bertz CT molecular complexity index is 1120. The predicted molar refractivity (Wildman–Crippen MR) is 100 cm³/mol. The number of carboxylic acids is 1. The summed E-state index contributed by atoms with van der Waals surface area (Å²) in [5.41, 5.74) is 4.48. The van der Waals surface area contributed by atoms with Gasteiger partial charge in [0.25, 0.3) is 0 Å². The minimum absolute atomic E-state index is 0.163. The fraction of sp³-hybridized carbons (Fsp3) is 0.0476. The molecule has 6 nitrogen and oxygen atoms in total. The first kappa shape index (κ1) is 16.7. The molecule has 2 aromatic carbocycles. The van der Waals surface area contributed by atoms with E-state index in [0.29, 0.717) is 17.0 Å². The van der Waals surface area contributed by atoms with Crippen LogP contribution in [0.1, 0.15) is 15.9 Å². The zero-order chi connectivity index (χ0) is 18.8. The summed E-state index contributed by atoms with van der Waals surface area (Å²) in [5.74, 6) is -0.419. The van der Waals surface area contributed by atoms with Gasteiger partial charge in [0.15, 0.2) is 0 Å². The van der Waals surface area contributed by atoms with Gasteiger partial charge in [0, 0.05) is 17.3 Å². The van der Waals surface area contributed by atoms with Crippen molar-refractivity contribution in [2.45, 2.75) is 6.92 Å². The second-order valence-corrected chi connectivity index (χ2v) is 6.10. The van der Waals surface area contributed by atoms with Gasteiger partial charge in [-0.25, -0.2) is 4.79 Å². The summed E-state index contributed by atoms with van der Waals surface area (Å²) in [6, 6.07) is 18.3. The summed E-state index contributed by atoms with van der Waals surface area (Å²) in [6.07, 6.45) is 1.68. The van der Waals surface area contributed by atoms with Crippen LogP contribution >= 0.6 is 0 Å². The summed E-state index contributed by atoms with van der Waals surface area (Å²) < 4.78 is 5.70. The van der Waals surface area contributed by atoms with Crippen LogP contribution in [0, 0.1) is 6.92 Å². The summed E-state index contributed by atoms with van der Waals surface area (Å²) in [5, 5.41) is 17.2. The molecule has 0 fully saturated rings. The SMILES string of the molecule is Cc1cccc(-c2ccc(-c3nnc(-c4cccc(C(=O)O)c4)o3)cn2)c1. The summed E-state index contributed by atoms with van der Waals surface area (Å²) in [6.45, 7) is 2.04. The summed E-state index contributed by atoms with van der Waals surface area (Å²) >= 11 is 0. The molecule has 0 aliphatic rings. The fourth-order valence-corrected chi connectivity index (χ4v) is 2.74. The first-order valence-corrected chi connectivity index (χ1v) is 8.31. The molecular weight excluding hydrogens is 342 g/mol. The molecule has 0 saturated heterocycles. The third kappa shape index (κ3) is 3.46. The van der Waals surface area contributed by atoms with Crippen LogP contribution in [-0.2, 0) is 0 Å². The molecule has 27 heavy (non-hydrogen) atoms. The molecule has 0 aliphatic carbocycles. The molecule has 6 heteroatoms. The number of hydrogen-bond donors (Lipinski definition) is 1. The minimum atomic E-state index is -1.01. The molecule has 0 amide bonds. The number of aromatic carboxylic acids is 1. The first-order chi connectivity index (χ1) is 13.1. The maximum absolute atomic E-state index is 11.1. The van der Waals surface area contributed by atoms with Gasteiger partial charge in [-0.15, -0.1) is 10.2 Å². The quantitative estimate of drug-likeness (QED) is 0.579. The zero-order valence-corrected chi connectivity index (χ0v) is 14.5. The molecule has 1 N–H and O–H groups in total. The molecule has 2 heterocycles. The van der Waals surface area contributed by atoms with Crippen molar-refractivity contribution >= 4 is 5.97 Å². The smallest absolute Gasteiger partial charge is 0.335 e. The van der Waals surface area contributed by atoms with E-state index in [1.165, 1.54) is 17.7 Å². The van der Waals surface area contributed by atoms with Crippen LogP contribution in [0.3, 0.4) is 0 Å². The van der Waals surface area contributed by atoms with Gasteiger partial charge in [-0.3, -0.25) is 4.98 Å². The number of carboxylic acid groups (broad SMARTS) is 1. The van der Waals surface area contributed by atoms with Gasteiger partial charge in [-0.2, -0.15) is 0 Å². The molecule has 0 atom stereocenters. The molecule has 0 saturated carbocycles. The molecule has 4 aromatic rings. The highest BCUT2D eigenvalue weighted by atomic mass is 16.4. The first-order valence-electron chi connectivity index (χ1n) is 8.31. The van der Waals surface area contributed by atoms with Gasteiger partial charge in [-0.1, -0.05) is 29.8 Å². The zero-order valence-electron chi connectivity index (χ0n) is 14.5. The number of aromatic nitrogens is 3. The third-order valence-corrected chi connectivity index (χ3v) is 4.11. The van der Waals surface area contributed by atoms with E-state index < -0.39 is 5.97 Å². The van der Waals surface area contributed by atoms with Crippen molar-refractivity contribution in [1.29, 1.82) is 0 Å². The van der Waals surface area contributed by atoms with Gasteiger partial charge in [0.1, 0.15) is 0 Å². The van der Waals surface area contributed by atoms with E-state index in [4.69, 9.17) is 9.52 Å². The van der Waals surface area contributed by atoms with Crippen molar-refractivity contribution in [2.24, 2.45) is 0 Å². The van der Waals surface area contributed by atoms with E-state index in [1.54, 1.807) is 18.3 Å². The number of aryl methyl sites for hydroxylation is 1. The average molecular weight is 357 g/mol. The normalized spacial score (nSPS) is 10.7. The molecule has 132 valence electrons. The lowest BCUT2D eigenvalue weighted by molar-refractivity contribution is 0.0697. The highest BCUT2D eigenvalue weighted by Gasteiger charge is 2.13. The Labute approximate surface area is 155 Å². The molecule has 0 unspecified atom stereocenters. The molecule has 0 bridgehead atoms. The lowest BCUT2D eigenvalue weighted by Crippen LogP contribution is -1.95. The lowest BCUT2D eigenvalue weighted by Gasteiger charge is -2.02.